The molecule has 2 aliphatic heterocycles. The summed E-state index contributed by atoms with van der Waals surface area (Å²) in [6.45, 7) is 2.04. The van der Waals surface area contributed by atoms with Crippen LogP contribution in [0.4, 0.5) is 11.5 Å². The maximum Gasteiger partial charge on any atom is 0.163 e. The van der Waals surface area contributed by atoms with E-state index in [-0.39, 0.29) is 6.04 Å². The lowest BCUT2D eigenvalue weighted by atomic mass is 9.91. The van der Waals surface area contributed by atoms with Crippen LogP contribution in [-0.4, -0.2) is 22.7 Å². The quantitative estimate of drug-likeness (QED) is 0.279. The molecule has 7 heteroatoms. The van der Waals surface area contributed by atoms with E-state index in [4.69, 9.17) is 26.4 Å². The van der Waals surface area contributed by atoms with Gasteiger partial charge >= 0.3 is 0 Å². The van der Waals surface area contributed by atoms with E-state index in [1.165, 1.54) is 0 Å². The van der Waals surface area contributed by atoms with Crippen molar-refractivity contribution in [3.05, 3.63) is 105 Å². The lowest BCUT2D eigenvalue weighted by Gasteiger charge is -2.39. The van der Waals surface area contributed by atoms with Gasteiger partial charge in [-0.2, -0.15) is 5.10 Å². The van der Waals surface area contributed by atoms with Gasteiger partial charge < -0.3 is 9.64 Å². The largest absolute Gasteiger partial charge is 0.496 e. The summed E-state index contributed by atoms with van der Waals surface area (Å²) in [4.78, 5) is 7.39. The molecule has 0 unspecified atom stereocenters. The third-order valence-electron chi connectivity index (χ3n) is 6.25. The number of methoxy groups -OCH3 is 1. The molecule has 3 aromatic carbocycles. The molecule has 3 heterocycles. The molecule has 0 radical (unpaired) electrons. The predicted octanol–water partition coefficient (Wildman–Crippen LogP) is 7.27. The van der Waals surface area contributed by atoms with Crippen LogP contribution in [0, 0.1) is 6.92 Å². The van der Waals surface area contributed by atoms with Gasteiger partial charge in [-0.15, -0.1) is 0 Å². The molecule has 0 saturated carbocycles. The SMILES string of the molecule is COc1ccc(Br)cc1[C@@H]1c2c(C)nn(-c3ccc(Cl)cc3)c2N=C2C=Cc3ccccc3N21. The van der Waals surface area contributed by atoms with Crippen LogP contribution in [0.15, 0.2) is 82.3 Å². The molecule has 0 amide bonds. The molecular weight excluding hydrogens is 512 g/mol. The van der Waals surface area contributed by atoms with Gasteiger partial charge in [-0.05, 0) is 73.2 Å². The Kier molecular flexibility index (Phi) is 5.08. The molecule has 34 heavy (non-hydrogen) atoms. The number of nitrogens with zero attached hydrogens (tertiary/aromatic N) is 4. The second-order valence-electron chi connectivity index (χ2n) is 8.23. The maximum absolute atomic E-state index is 6.15. The first kappa shape index (κ1) is 21.2. The van der Waals surface area contributed by atoms with E-state index >= 15 is 0 Å². The van der Waals surface area contributed by atoms with Crippen molar-refractivity contribution in [1.29, 1.82) is 0 Å². The second-order valence-corrected chi connectivity index (χ2v) is 9.58. The summed E-state index contributed by atoms with van der Waals surface area (Å²) in [6.07, 6.45) is 4.18. The van der Waals surface area contributed by atoms with Gasteiger partial charge in [-0.3, -0.25) is 0 Å². The molecular formula is C27H20BrClN4O. The zero-order chi connectivity index (χ0) is 23.4. The molecule has 0 saturated heterocycles. The molecule has 168 valence electrons. The summed E-state index contributed by atoms with van der Waals surface area (Å²) in [5.74, 6) is 2.47. The minimum Gasteiger partial charge on any atom is -0.496 e. The molecule has 6 rings (SSSR count). The Hall–Kier alpha value is -3.35. The van der Waals surface area contributed by atoms with Gasteiger partial charge in [0.05, 0.1) is 30.2 Å². The first-order valence-electron chi connectivity index (χ1n) is 10.9. The number of fused-ring (bicyclic) bond motifs is 4. The predicted molar refractivity (Wildman–Crippen MR) is 141 cm³/mol. The standard InChI is InChI=1S/C27H20BrClN4O/c1-16-25-26(21-15-18(28)8-13-23(21)34-2)32-22-6-4-3-5-17(22)7-14-24(32)30-27(25)33(31-16)20-11-9-19(29)10-12-20/h3-15,26H,1-2H3/t26-/m1/s1. The molecule has 1 atom stereocenters. The summed E-state index contributed by atoms with van der Waals surface area (Å²) in [5.41, 5.74) is 6.14. The van der Waals surface area contributed by atoms with E-state index in [0.717, 1.165) is 55.6 Å². The van der Waals surface area contributed by atoms with E-state index < -0.39 is 0 Å². The van der Waals surface area contributed by atoms with Crippen LogP contribution in [0.3, 0.4) is 0 Å². The number of aliphatic imine (C=N–C) groups is 1. The number of halogens is 2. The lowest BCUT2D eigenvalue weighted by Crippen LogP contribution is -2.39. The highest BCUT2D eigenvalue weighted by Gasteiger charge is 2.39. The van der Waals surface area contributed by atoms with Gasteiger partial charge in [-0.1, -0.05) is 45.7 Å². The van der Waals surface area contributed by atoms with Crippen LogP contribution in [0.25, 0.3) is 11.8 Å². The van der Waals surface area contributed by atoms with Crippen LogP contribution in [0.1, 0.15) is 28.4 Å². The molecule has 0 N–H and O–H groups in total. The Balaban J connectivity index is 1.66. The molecule has 5 nitrogen and oxygen atoms in total. The summed E-state index contributed by atoms with van der Waals surface area (Å²) in [7, 11) is 1.71. The van der Waals surface area contributed by atoms with Crippen molar-refractivity contribution in [3.63, 3.8) is 0 Å². The van der Waals surface area contributed by atoms with Gasteiger partial charge in [0.25, 0.3) is 0 Å². The van der Waals surface area contributed by atoms with Crippen LogP contribution in [0.5, 0.6) is 5.75 Å². The van der Waals surface area contributed by atoms with Crippen molar-refractivity contribution in [2.24, 2.45) is 4.99 Å². The molecule has 0 bridgehead atoms. The summed E-state index contributed by atoms with van der Waals surface area (Å²) in [6, 6.07) is 22.0. The van der Waals surface area contributed by atoms with Gasteiger partial charge in [0.2, 0.25) is 0 Å². The number of para-hydroxylation sites is 1. The minimum atomic E-state index is -0.179. The average molecular weight is 532 g/mol. The van der Waals surface area contributed by atoms with Crippen LogP contribution in [0.2, 0.25) is 5.02 Å². The minimum absolute atomic E-state index is 0.179. The van der Waals surface area contributed by atoms with Crippen molar-refractivity contribution in [1.82, 2.24) is 9.78 Å². The Morgan fingerprint density at radius 2 is 1.79 bits per heavy atom. The lowest BCUT2D eigenvalue weighted by molar-refractivity contribution is 0.407. The third-order valence-corrected chi connectivity index (χ3v) is 6.99. The fraction of sp³-hybridized carbons (Fsp3) is 0.111. The summed E-state index contributed by atoms with van der Waals surface area (Å²) < 4.78 is 8.72. The fourth-order valence-electron chi connectivity index (χ4n) is 4.75. The van der Waals surface area contributed by atoms with Crippen molar-refractivity contribution < 1.29 is 4.74 Å². The molecule has 0 spiro atoms. The van der Waals surface area contributed by atoms with E-state index in [9.17, 15) is 0 Å². The fourth-order valence-corrected chi connectivity index (χ4v) is 5.25. The molecule has 4 aromatic rings. The second kappa shape index (κ2) is 8.15. The summed E-state index contributed by atoms with van der Waals surface area (Å²) >= 11 is 9.81. The van der Waals surface area contributed by atoms with Crippen LogP contribution >= 0.6 is 27.5 Å². The maximum atomic E-state index is 6.15. The van der Waals surface area contributed by atoms with Crippen molar-refractivity contribution in [3.8, 4) is 11.4 Å². The smallest absolute Gasteiger partial charge is 0.163 e. The van der Waals surface area contributed by atoms with E-state index in [2.05, 4.69) is 63.3 Å². The first-order chi connectivity index (χ1) is 16.5. The van der Waals surface area contributed by atoms with E-state index in [1.807, 2.05) is 48.0 Å². The first-order valence-corrected chi connectivity index (χ1v) is 12.1. The zero-order valence-electron chi connectivity index (χ0n) is 18.5. The van der Waals surface area contributed by atoms with Gasteiger partial charge in [0.1, 0.15) is 11.6 Å². The topological polar surface area (TPSA) is 42.6 Å². The molecule has 2 aliphatic rings. The molecule has 0 fully saturated rings. The number of aromatic nitrogens is 2. The molecule has 0 aliphatic carbocycles. The highest BCUT2D eigenvalue weighted by molar-refractivity contribution is 9.10. The number of rotatable bonds is 3. The third kappa shape index (κ3) is 3.29. The number of amidine groups is 1. The van der Waals surface area contributed by atoms with Crippen LogP contribution < -0.4 is 9.64 Å². The van der Waals surface area contributed by atoms with E-state index in [0.29, 0.717) is 5.02 Å². The number of ether oxygens (including phenoxy) is 1. The average Bonchev–Trinajstić information content (AvgIpc) is 3.19. The Morgan fingerprint density at radius 1 is 1.00 bits per heavy atom. The zero-order valence-corrected chi connectivity index (χ0v) is 20.9. The number of benzene rings is 3. The monoisotopic (exact) mass is 530 g/mol. The van der Waals surface area contributed by atoms with Gasteiger partial charge in [0, 0.05) is 20.6 Å². The Labute approximate surface area is 211 Å². The number of hydrogen-bond acceptors (Lipinski definition) is 4. The van der Waals surface area contributed by atoms with Crippen molar-refractivity contribution in [2.75, 3.05) is 12.0 Å². The number of aryl methyl sites for hydroxylation is 1. The number of anilines is 1. The highest BCUT2D eigenvalue weighted by atomic mass is 79.9. The molecule has 1 aromatic heterocycles. The van der Waals surface area contributed by atoms with Crippen molar-refractivity contribution in [2.45, 2.75) is 13.0 Å². The van der Waals surface area contributed by atoms with Crippen molar-refractivity contribution >= 4 is 50.9 Å². The number of hydrogen-bond donors (Lipinski definition) is 0. The van der Waals surface area contributed by atoms with Gasteiger partial charge in [-0.25, -0.2) is 9.67 Å². The Morgan fingerprint density at radius 3 is 2.59 bits per heavy atom. The Bertz CT molecular complexity index is 1490. The van der Waals surface area contributed by atoms with E-state index in [1.54, 1.807) is 7.11 Å². The normalized spacial score (nSPS) is 15.9. The summed E-state index contributed by atoms with van der Waals surface area (Å²) in [5, 5.41) is 5.61. The van der Waals surface area contributed by atoms with Crippen LogP contribution in [-0.2, 0) is 0 Å². The highest BCUT2D eigenvalue weighted by Crippen LogP contribution is 2.48. The van der Waals surface area contributed by atoms with Gasteiger partial charge in [0.15, 0.2) is 5.82 Å².